The van der Waals surface area contributed by atoms with Gasteiger partial charge in [-0.3, -0.25) is 4.68 Å². The first-order chi connectivity index (χ1) is 13.2. The van der Waals surface area contributed by atoms with E-state index in [-0.39, 0.29) is 17.4 Å². The molecule has 0 saturated carbocycles. The Bertz CT molecular complexity index is 1020. The van der Waals surface area contributed by atoms with Gasteiger partial charge in [-0.05, 0) is 41.9 Å². The molecule has 1 saturated heterocycles. The molecule has 8 heteroatoms. The molecule has 0 spiro atoms. The minimum absolute atomic E-state index is 0.0493. The number of piperidine rings is 1. The monoisotopic (exact) mass is 382 g/mol. The second kappa shape index (κ2) is 6.61. The normalized spacial score (nSPS) is 20.6. The lowest BCUT2D eigenvalue weighted by atomic mass is 9.74. The summed E-state index contributed by atoms with van der Waals surface area (Å²) in [4.78, 5) is 17.7. The van der Waals surface area contributed by atoms with Crippen LogP contribution < -0.4 is 0 Å². The topological polar surface area (TPSA) is 88.6 Å². The molecular weight excluding hydrogens is 356 g/mol. The molecule has 0 radical (unpaired) electrons. The van der Waals surface area contributed by atoms with E-state index in [1.807, 2.05) is 31.6 Å². The standard InChI is InChI=1S/C20H26N6O2/c1-20(2,3)17-9-13(5-8-25(17)19(27)28)15-11-26-18(21-12-22-26)10-14(15)16-6-7-24(4)23-16/h6-7,10-13,17H,5,8-9H2,1-4H3,(H,27,28). The van der Waals surface area contributed by atoms with Crippen LogP contribution in [0.15, 0.2) is 30.9 Å². The van der Waals surface area contributed by atoms with E-state index in [0.717, 1.165) is 35.3 Å². The first kappa shape index (κ1) is 18.5. The predicted octanol–water partition coefficient (Wildman–Crippen LogP) is 3.40. The molecule has 1 aliphatic heterocycles. The molecule has 0 aromatic carbocycles. The number of carbonyl (C=O) groups is 1. The summed E-state index contributed by atoms with van der Waals surface area (Å²) in [5, 5.41) is 18.6. The van der Waals surface area contributed by atoms with Gasteiger partial charge in [0.15, 0.2) is 5.65 Å². The fourth-order valence-corrected chi connectivity index (χ4v) is 4.28. The van der Waals surface area contributed by atoms with Crippen molar-refractivity contribution >= 4 is 11.7 Å². The molecule has 0 bridgehead atoms. The Balaban J connectivity index is 1.78. The van der Waals surface area contributed by atoms with E-state index in [4.69, 9.17) is 0 Å². The highest BCUT2D eigenvalue weighted by Gasteiger charge is 2.39. The van der Waals surface area contributed by atoms with Crippen LogP contribution in [0.2, 0.25) is 0 Å². The van der Waals surface area contributed by atoms with Crippen molar-refractivity contribution in [3.8, 4) is 11.3 Å². The van der Waals surface area contributed by atoms with Crippen LogP contribution in [-0.4, -0.2) is 53.1 Å². The molecule has 4 rings (SSSR count). The zero-order valence-corrected chi connectivity index (χ0v) is 16.7. The fraction of sp³-hybridized carbons (Fsp3) is 0.500. The molecule has 1 amide bonds. The molecule has 3 aromatic heterocycles. The van der Waals surface area contributed by atoms with Crippen LogP contribution >= 0.6 is 0 Å². The Hall–Kier alpha value is -2.90. The number of carboxylic acid groups (broad SMARTS) is 1. The largest absolute Gasteiger partial charge is 0.465 e. The van der Waals surface area contributed by atoms with Gasteiger partial charge in [0, 0.05) is 37.6 Å². The quantitative estimate of drug-likeness (QED) is 0.734. The van der Waals surface area contributed by atoms with Crippen molar-refractivity contribution in [3.63, 3.8) is 0 Å². The summed E-state index contributed by atoms with van der Waals surface area (Å²) in [7, 11) is 1.90. The number of nitrogens with zero attached hydrogens (tertiary/aromatic N) is 6. The second-order valence-corrected chi connectivity index (χ2v) is 8.66. The van der Waals surface area contributed by atoms with Gasteiger partial charge in [-0.2, -0.15) is 10.2 Å². The summed E-state index contributed by atoms with van der Waals surface area (Å²) >= 11 is 0. The second-order valence-electron chi connectivity index (χ2n) is 8.66. The Labute approximate surface area is 163 Å². The van der Waals surface area contributed by atoms with Crippen LogP contribution in [-0.2, 0) is 7.05 Å². The third-order valence-electron chi connectivity index (χ3n) is 5.72. The maximum atomic E-state index is 11.8. The van der Waals surface area contributed by atoms with Gasteiger partial charge in [0.1, 0.15) is 6.33 Å². The van der Waals surface area contributed by atoms with Gasteiger partial charge in [-0.25, -0.2) is 14.3 Å². The number of likely N-dealkylation sites (tertiary alicyclic amines) is 1. The summed E-state index contributed by atoms with van der Waals surface area (Å²) in [5.74, 6) is 0.227. The lowest BCUT2D eigenvalue weighted by Crippen LogP contribution is -2.51. The zero-order chi connectivity index (χ0) is 20.1. The van der Waals surface area contributed by atoms with E-state index in [9.17, 15) is 9.90 Å². The minimum Gasteiger partial charge on any atom is -0.465 e. The van der Waals surface area contributed by atoms with Crippen molar-refractivity contribution < 1.29 is 9.90 Å². The molecule has 28 heavy (non-hydrogen) atoms. The first-order valence-electron chi connectivity index (χ1n) is 9.57. The van der Waals surface area contributed by atoms with Crippen LogP contribution in [0, 0.1) is 5.41 Å². The van der Waals surface area contributed by atoms with Crippen LogP contribution in [0.4, 0.5) is 4.79 Å². The highest BCUT2D eigenvalue weighted by atomic mass is 16.4. The number of rotatable bonds is 2. The Morgan fingerprint density at radius 3 is 2.75 bits per heavy atom. The van der Waals surface area contributed by atoms with Gasteiger partial charge < -0.3 is 10.0 Å². The maximum Gasteiger partial charge on any atom is 0.407 e. The van der Waals surface area contributed by atoms with Crippen molar-refractivity contribution in [2.75, 3.05) is 6.54 Å². The van der Waals surface area contributed by atoms with E-state index >= 15 is 0 Å². The van der Waals surface area contributed by atoms with E-state index in [2.05, 4.69) is 36.0 Å². The third-order valence-corrected chi connectivity index (χ3v) is 5.72. The summed E-state index contributed by atoms with van der Waals surface area (Å²) < 4.78 is 3.58. The SMILES string of the molecule is Cn1ccc(-c2cc3ncnn3cc2C2CCN(C(=O)O)C(C(C)(C)C)C2)n1. The molecule has 1 aliphatic rings. The van der Waals surface area contributed by atoms with Gasteiger partial charge in [0.25, 0.3) is 0 Å². The summed E-state index contributed by atoms with van der Waals surface area (Å²) in [6.07, 6.45) is 6.22. The first-order valence-corrected chi connectivity index (χ1v) is 9.57. The van der Waals surface area contributed by atoms with Crippen molar-refractivity contribution in [2.24, 2.45) is 12.5 Å². The Morgan fingerprint density at radius 2 is 2.11 bits per heavy atom. The van der Waals surface area contributed by atoms with Gasteiger partial charge in [-0.15, -0.1) is 0 Å². The molecule has 1 fully saturated rings. The van der Waals surface area contributed by atoms with Crippen LogP contribution in [0.5, 0.6) is 0 Å². The number of hydrogen-bond acceptors (Lipinski definition) is 4. The van der Waals surface area contributed by atoms with E-state index in [1.165, 1.54) is 0 Å². The maximum absolute atomic E-state index is 11.8. The van der Waals surface area contributed by atoms with E-state index in [0.29, 0.717) is 6.54 Å². The Kier molecular flexibility index (Phi) is 4.36. The lowest BCUT2D eigenvalue weighted by molar-refractivity contribution is 0.0526. The smallest absolute Gasteiger partial charge is 0.407 e. The molecule has 1 N–H and O–H groups in total. The van der Waals surface area contributed by atoms with Crippen LogP contribution in [0.25, 0.3) is 16.9 Å². The molecule has 4 heterocycles. The van der Waals surface area contributed by atoms with Crippen molar-refractivity contribution in [2.45, 2.75) is 45.6 Å². The highest BCUT2D eigenvalue weighted by molar-refractivity contribution is 5.69. The number of fused-ring (bicyclic) bond motifs is 1. The zero-order valence-electron chi connectivity index (χ0n) is 16.7. The number of amides is 1. The van der Waals surface area contributed by atoms with Gasteiger partial charge in [0.2, 0.25) is 0 Å². The molecule has 2 atom stereocenters. The predicted molar refractivity (Wildman–Crippen MR) is 105 cm³/mol. The van der Waals surface area contributed by atoms with E-state index in [1.54, 1.807) is 20.4 Å². The molecule has 2 unspecified atom stereocenters. The van der Waals surface area contributed by atoms with Crippen molar-refractivity contribution in [1.29, 1.82) is 0 Å². The van der Waals surface area contributed by atoms with Crippen LogP contribution in [0.1, 0.15) is 45.1 Å². The Morgan fingerprint density at radius 1 is 1.32 bits per heavy atom. The average molecular weight is 382 g/mol. The number of aryl methyl sites for hydroxylation is 1. The number of pyridine rings is 1. The molecule has 0 aliphatic carbocycles. The number of aromatic nitrogens is 5. The minimum atomic E-state index is -0.838. The number of hydrogen-bond donors (Lipinski definition) is 1. The molecule has 8 nitrogen and oxygen atoms in total. The molecule has 3 aromatic rings. The lowest BCUT2D eigenvalue weighted by Gasteiger charge is -2.45. The fourth-order valence-electron chi connectivity index (χ4n) is 4.28. The van der Waals surface area contributed by atoms with Gasteiger partial charge in [-0.1, -0.05) is 20.8 Å². The highest BCUT2D eigenvalue weighted by Crippen LogP contribution is 2.41. The van der Waals surface area contributed by atoms with E-state index < -0.39 is 6.09 Å². The third kappa shape index (κ3) is 3.23. The van der Waals surface area contributed by atoms with Crippen molar-refractivity contribution in [3.05, 3.63) is 36.4 Å². The summed E-state index contributed by atoms with van der Waals surface area (Å²) in [6.45, 7) is 6.85. The van der Waals surface area contributed by atoms with Gasteiger partial charge in [0.05, 0.1) is 5.69 Å². The van der Waals surface area contributed by atoms with Gasteiger partial charge >= 0.3 is 6.09 Å². The molecular formula is C20H26N6O2. The average Bonchev–Trinajstić information content (AvgIpc) is 3.27. The summed E-state index contributed by atoms with van der Waals surface area (Å²) in [5.41, 5.74) is 3.73. The summed E-state index contributed by atoms with van der Waals surface area (Å²) in [6, 6.07) is 3.98. The van der Waals surface area contributed by atoms with Crippen molar-refractivity contribution in [1.82, 2.24) is 29.3 Å². The molecule has 148 valence electrons. The van der Waals surface area contributed by atoms with Crippen LogP contribution in [0.3, 0.4) is 0 Å².